The third kappa shape index (κ3) is 2.02. The van der Waals surface area contributed by atoms with E-state index in [2.05, 4.69) is 9.97 Å². The molecule has 4 atom stereocenters. The van der Waals surface area contributed by atoms with Crippen LogP contribution in [-0.2, 0) is 4.74 Å². The fraction of sp³-hybridized carbons (Fsp3) is 0.385. The monoisotopic (exact) mass is 324 g/mol. The molecule has 6 N–H and O–H groups in total. The van der Waals surface area contributed by atoms with Crippen molar-refractivity contribution in [1.82, 2.24) is 14.5 Å². The number of hydrogen-bond acceptors (Lipinski definition) is 7. The number of aliphatic hydroxyl groups excluding tert-OH is 2. The molecule has 0 amide bonds. The van der Waals surface area contributed by atoms with Gasteiger partial charge in [-0.15, -0.1) is 6.42 Å². The standard InChI is InChI=1S/C13H13FN4O5/c1-2-13(22)8(20)6(4-19)23-11(13)18-3-5(14)7-9(18)16-12(15)17-10(7)21/h1,3,6,8,11,19-20,22H,4H2,(H3,15,16,17,21)/t6-,8?,11-,13?/m1/s1. The molecule has 3 rings (SSSR count). The normalized spacial score (nSPS) is 30.7. The van der Waals surface area contributed by atoms with Gasteiger partial charge in [-0.2, -0.15) is 4.98 Å². The van der Waals surface area contributed by atoms with E-state index in [1.165, 1.54) is 0 Å². The molecule has 0 bridgehead atoms. The Morgan fingerprint density at radius 2 is 2.35 bits per heavy atom. The third-order valence-corrected chi connectivity index (χ3v) is 3.80. The largest absolute Gasteiger partial charge is 0.394 e. The number of aromatic nitrogens is 3. The highest BCUT2D eigenvalue weighted by molar-refractivity contribution is 5.77. The van der Waals surface area contributed by atoms with Crippen LogP contribution in [0.15, 0.2) is 11.0 Å². The molecule has 1 aliphatic heterocycles. The lowest BCUT2D eigenvalue weighted by Gasteiger charge is -2.26. The Morgan fingerprint density at radius 3 is 2.96 bits per heavy atom. The van der Waals surface area contributed by atoms with Crippen LogP contribution in [0.4, 0.5) is 10.3 Å². The molecule has 23 heavy (non-hydrogen) atoms. The Bertz CT molecular complexity index is 872. The van der Waals surface area contributed by atoms with Gasteiger partial charge in [0.05, 0.1) is 6.61 Å². The molecular weight excluding hydrogens is 311 g/mol. The number of hydrogen-bond donors (Lipinski definition) is 5. The number of terminal acetylenes is 1. The van der Waals surface area contributed by atoms with Gasteiger partial charge in [0.15, 0.2) is 23.3 Å². The third-order valence-electron chi connectivity index (χ3n) is 3.80. The maximum atomic E-state index is 14.1. The summed E-state index contributed by atoms with van der Waals surface area (Å²) in [6.45, 7) is -0.626. The molecule has 0 radical (unpaired) electrons. The Kier molecular flexibility index (Phi) is 3.38. The van der Waals surface area contributed by atoms with Gasteiger partial charge >= 0.3 is 0 Å². The first-order valence-electron chi connectivity index (χ1n) is 6.53. The van der Waals surface area contributed by atoms with Crippen LogP contribution in [0.3, 0.4) is 0 Å². The molecular formula is C13H13FN4O5. The van der Waals surface area contributed by atoms with Gasteiger partial charge < -0.3 is 25.8 Å². The average Bonchev–Trinajstić information content (AvgIpc) is 2.95. The van der Waals surface area contributed by atoms with Crippen LogP contribution < -0.4 is 11.3 Å². The molecule has 0 spiro atoms. The molecule has 2 aromatic rings. The minimum Gasteiger partial charge on any atom is -0.394 e. The first-order valence-corrected chi connectivity index (χ1v) is 6.53. The van der Waals surface area contributed by atoms with Crippen LogP contribution in [0.1, 0.15) is 6.23 Å². The number of H-pyrrole nitrogens is 1. The second-order valence-corrected chi connectivity index (χ2v) is 5.16. The van der Waals surface area contributed by atoms with Gasteiger partial charge in [-0.3, -0.25) is 14.3 Å². The maximum Gasteiger partial charge on any atom is 0.264 e. The highest BCUT2D eigenvalue weighted by Crippen LogP contribution is 2.39. The van der Waals surface area contributed by atoms with Gasteiger partial charge in [0.1, 0.15) is 17.6 Å². The van der Waals surface area contributed by atoms with Crippen molar-refractivity contribution in [3.63, 3.8) is 0 Å². The molecule has 122 valence electrons. The summed E-state index contributed by atoms with van der Waals surface area (Å²) >= 11 is 0. The predicted molar refractivity (Wildman–Crippen MR) is 75.5 cm³/mol. The zero-order chi connectivity index (χ0) is 16.9. The van der Waals surface area contributed by atoms with Crippen molar-refractivity contribution in [1.29, 1.82) is 0 Å². The lowest BCUT2D eigenvalue weighted by Crippen LogP contribution is -2.45. The first-order chi connectivity index (χ1) is 10.8. The molecule has 0 aromatic carbocycles. The molecule has 0 saturated carbocycles. The Morgan fingerprint density at radius 1 is 1.65 bits per heavy atom. The van der Waals surface area contributed by atoms with E-state index in [0.717, 1.165) is 10.8 Å². The molecule has 0 aliphatic carbocycles. The van der Waals surface area contributed by atoms with Gasteiger partial charge in [-0.1, -0.05) is 5.92 Å². The first kappa shape index (κ1) is 15.4. The van der Waals surface area contributed by atoms with Crippen LogP contribution in [-0.4, -0.2) is 54.3 Å². The van der Waals surface area contributed by atoms with Gasteiger partial charge in [0.25, 0.3) is 5.56 Å². The summed E-state index contributed by atoms with van der Waals surface area (Å²) in [7, 11) is 0. The summed E-state index contributed by atoms with van der Waals surface area (Å²) in [6.07, 6.45) is 1.84. The lowest BCUT2D eigenvalue weighted by molar-refractivity contribution is -0.0720. The van der Waals surface area contributed by atoms with E-state index in [1.807, 2.05) is 5.92 Å². The quantitative estimate of drug-likeness (QED) is 0.404. The molecule has 1 saturated heterocycles. The summed E-state index contributed by atoms with van der Waals surface area (Å²) in [6, 6.07) is 0. The van der Waals surface area contributed by atoms with Gasteiger partial charge in [-0.25, -0.2) is 4.39 Å². The average molecular weight is 324 g/mol. The Hall–Kier alpha value is -2.45. The predicted octanol–water partition coefficient (Wildman–Crippen LogP) is -1.94. The Balaban J connectivity index is 2.25. The number of halogens is 1. The number of nitrogens with one attached hydrogen (secondary N) is 1. The Labute approximate surface area is 128 Å². The van der Waals surface area contributed by atoms with E-state index in [-0.39, 0.29) is 11.6 Å². The van der Waals surface area contributed by atoms with Crippen molar-refractivity contribution in [2.24, 2.45) is 0 Å². The molecule has 10 heteroatoms. The number of fused-ring (bicyclic) bond motifs is 1. The van der Waals surface area contributed by atoms with Crippen LogP contribution in [0.2, 0.25) is 0 Å². The summed E-state index contributed by atoms with van der Waals surface area (Å²) in [5.74, 6) is 0.781. The number of nitrogens with two attached hydrogens (primary N) is 1. The molecule has 3 heterocycles. The fourth-order valence-corrected chi connectivity index (χ4v) is 2.66. The molecule has 2 unspecified atom stereocenters. The van der Waals surface area contributed by atoms with Crippen LogP contribution in [0.5, 0.6) is 0 Å². The number of anilines is 1. The highest BCUT2D eigenvalue weighted by Gasteiger charge is 2.55. The van der Waals surface area contributed by atoms with Crippen molar-refractivity contribution < 1.29 is 24.4 Å². The fourth-order valence-electron chi connectivity index (χ4n) is 2.66. The van der Waals surface area contributed by atoms with E-state index in [1.54, 1.807) is 0 Å². The highest BCUT2D eigenvalue weighted by atomic mass is 19.1. The molecule has 2 aromatic heterocycles. The maximum absolute atomic E-state index is 14.1. The topological polar surface area (TPSA) is 147 Å². The SMILES string of the molecule is C#CC1(O)C(O)[C@@H](CO)O[C@H]1n1cc(F)c2c(=O)[nH]c(N)nc21. The van der Waals surface area contributed by atoms with E-state index < -0.39 is 47.4 Å². The number of aromatic amines is 1. The van der Waals surface area contributed by atoms with Gasteiger partial charge in [0, 0.05) is 6.20 Å². The van der Waals surface area contributed by atoms with Crippen LogP contribution >= 0.6 is 0 Å². The van der Waals surface area contributed by atoms with E-state index in [9.17, 15) is 24.5 Å². The zero-order valence-corrected chi connectivity index (χ0v) is 11.6. The van der Waals surface area contributed by atoms with Crippen molar-refractivity contribution in [2.45, 2.75) is 24.0 Å². The zero-order valence-electron chi connectivity index (χ0n) is 11.6. The van der Waals surface area contributed by atoms with Crippen molar-refractivity contribution >= 4 is 17.0 Å². The minimum absolute atomic E-state index is 0.215. The van der Waals surface area contributed by atoms with Gasteiger partial charge in [0.2, 0.25) is 5.95 Å². The van der Waals surface area contributed by atoms with E-state index in [4.69, 9.17) is 16.9 Å². The second kappa shape index (κ2) is 5.04. The van der Waals surface area contributed by atoms with Crippen molar-refractivity contribution in [3.05, 3.63) is 22.4 Å². The number of nitrogen functional groups attached to an aromatic ring is 1. The second-order valence-electron chi connectivity index (χ2n) is 5.16. The van der Waals surface area contributed by atoms with E-state index in [0.29, 0.717) is 0 Å². The van der Waals surface area contributed by atoms with Crippen molar-refractivity contribution in [3.8, 4) is 12.3 Å². The summed E-state index contributed by atoms with van der Waals surface area (Å²) in [5, 5.41) is 29.3. The smallest absolute Gasteiger partial charge is 0.264 e. The van der Waals surface area contributed by atoms with Crippen LogP contribution in [0.25, 0.3) is 11.0 Å². The number of nitrogens with zero attached hydrogens (tertiary/aromatic N) is 2. The molecule has 9 nitrogen and oxygen atoms in total. The summed E-state index contributed by atoms with van der Waals surface area (Å²) < 4.78 is 20.4. The minimum atomic E-state index is -2.26. The van der Waals surface area contributed by atoms with Crippen LogP contribution in [0, 0.1) is 18.2 Å². The number of ether oxygens (including phenoxy) is 1. The number of rotatable bonds is 2. The van der Waals surface area contributed by atoms with E-state index >= 15 is 0 Å². The van der Waals surface area contributed by atoms with Crippen molar-refractivity contribution in [2.75, 3.05) is 12.3 Å². The number of aliphatic hydroxyl groups is 3. The lowest BCUT2D eigenvalue weighted by atomic mass is 9.95. The summed E-state index contributed by atoms with van der Waals surface area (Å²) in [5.41, 5.74) is 2.16. The van der Waals surface area contributed by atoms with Gasteiger partial charge in [-0.05, 0) is 0 Å². The summed E-state index contributed by atoms with van der Waals surface area (Å²) in [4.78, 5) is 17.8. The molecule has 1 aliphatic rings. The molecule has 1 fully saturated rings.